The third-order valence-corrected chi connectivity index (χ3v) is 14.6. The quantitative estimate of drug-likeness (QED) is 0.0655. The molecule has 0 atom stereocenters. The summed E-state index contributed by atoms with van der Waals surface area (Å²) >= 11 is 31.0. The number of nitrogens with one attached hydrogen (secondary N) is 3. The average Bonchev–Trinajstić information content (AvgIpc) is 2.84. The first kappa shape index (κ1) is 36.2. The van der Waals surface area contributed by atoms with Gasteiger partial charge in [0.25, 0.3) is 15.5 Å². The van der Waals surface area contributed by atoms with Crippen LogP contribution in [0.3, 0.4) is 0 Å². The molecule has 0 aromatic heterocycles. The number of hydrogen-bond acceptors (Lipinski definition) is 15. The van der Waals surface area contributed by atoms with Crippen molar-refractivity contribution in [3.05, 3.63) is 0 Å². The van der Waals surface area contributed by atoms with Crippen molar-refractivity contribution in [2.24, 2.45) is 27.8 Å². The third-order valence-electron chi connectivity index (χ3n) is 4.21. The van der Waals surface area contributed by atoms with Crippen LogP contribution >= 0.6 is 95.8 Å². The molecule has 1 heterocycles. The normalized spacial score (nSPS) is 22.8. The number of unbranched alkanes of at least 4 members (excludes halogenated alkanes) is 3. The molecule has 39 heavy (non-hydrogen) atoms. The van der Waals surface area contributed by atoms with Gasteiger partial charge in [-0.25, -0.2) is 0 Å². The monoisotopic (exact) mass is 705 g/mol. The van der Waals surface area contributed by atoms with Crippen molar-refractivity contribution in [2.45, 2.75) is 59.3 Å². The number of ether oxygens (including phenoxy) is 3. The topological polar surface area (TPSA) is 138 Å². The van der Waals surface area contributed by atoms with Crippen LogP contribution in [0.5, 0.6) is 0 Å². The molecule has 1 rings (SSSR count). The first-order valence-corrected chi connectivity index (χ1v) is 19.1. The van der Waals surface area contributed by atoms with Gasteiger partial charge in [0.05, 0.1) is 35.3 Å². The highest BCUT2D eigenvalue weighted by molar-refractivity contribution is 7.89. The lowest BCUT2D eigenvalue weighted by Crippen LogP contribution is -2.26. The Morgan fingerprint density at radius 1 is 0.590 bits per heavy atom. The van der Waals surface area contributed by atoms with Gasteiger partial charge in [-0.2, -0.15) is 13.5 Å². The second-order valence-electron chi connectivity index (χ2n) is 7.35. The first-order chi connectivity index (χ1) is 18.7. The number of hydrogen-bond donors (Lipinski definition) is 3. The molecule has 0 amide bonds. The number of nitrogens with zero attached hydrogens (tertiary/aromatic N) is 6. The Balaban J connectivity index is 3.87. The molecular weight excluding hydrogens is 676 g/mol. The van der Waals surface area contributed by atoms with Gasteiger partial charge in [0.15, 0.2) is 0 Å². The molecule has 0 spiro atoms. The number of isothiocyanates is 3. The standard InChI is InChI=1S/C18H30N9O3P3S6/c1-4-7-10-28-16(37)22-31(19-13-34)25-32(20-14-35,23-17(38)29-11-8-5-2)27-33(26-31,21-15-36)24-18(39)30-12-9-6-3/h4-12H2,1-3H3,(H,22,37)(H,23,38)(H,24,39). The summed E-state index contributed by atoms with van der Waals surface area (Å²) in [5.74, 6) is 0. The van der Waals surface area contributed by atoms with Crippen molar-refractivity contribution in [1.29, 1.82) is 0 Å². The molecule has 0 saturated heterocycles. The van der Waals surface area contributed by atoms with Crippen molar-refractivity contribution < 1.29 is 14.2 Å². The summed E-state index contributed by atoms with van der Waals surface area (Å²) in [7, 11) is -10.6. The molecule has 0 bridgehead atoms. The lowest BCUT2D eigenvalue weighted by atomic mass is 10.4. The fraction of sp³-hybridized carbons (Fsp3) is 0.667. The second-order valence-corrected chi connectivity index (χ2v) is 15.8. The lowest BCUT2D eigenvalue weighted by Gasteiger charge is -2.30. The molecule has 12 nitrogen and oxygen atoms in total. The maximum atomic E-state index is 5.63. The van der Waals surface area contributed by atoms with Crippen LogP contribution in [0, 0.1) is 0 Å². The Morgan fingerprint density at radius 3 is 1.05 bits per heavy atom. The summed E-state index contributed by atoms with van der Waals surface area (Å²) in [5.41, 5.74) is 0. The lowest BCUT2D eigenvalue weighted by molar-refractivity contribution is 0.297. The minimum absolute atomic E-state index is 0.0161. The summed E-state index contributed by atoms with van der Waals surface area (Å²) < 4.78 is 43.9. The van der Waals surface area contributed by atoms with E-state index in [1.165, 1.54) is 0 Å². The van der Waals surface area contributed by atoms with Crippen molar-refractivity contribution in [2.75, 3.05) is 19.8 Å². The molecule has 0 unspecified atom stereocenters. The molecule has 0 aromatic rings. The van der Waals surface area contributed by atoms with Crippen molar-refractivity contribution in [3.63, 3.8) is 0 Å². The molecule has 0 aliphatic carbocycles. The largest absolute Gasteiger partial charge is 0.471 e. The van der Waals surface area contributed by atoms with Crippen LogP contribution in [-0.4, -0.2) is 50.8 Å². The van der Waals surface area contributed by atoms with E-state index in [1.54, 1.807) is 0 Å². The summed E-state index contributed by atoms with van der Waals surface area (Å²) in [5, 5.41) is 15.8. The summed E-state index contributed by atoms with van der Waals surface area (Å²) in [6, 6.07) is 0. The van der Waals surface area contributed by atoms with Gasteiger partial charge in [0, 0.05) is 0 Å². The Bertz CT molecular complexity index is 1060. The Hall–Kier alpha value is -0.840. The minimum Gasteiger partial charge on any atom is -0.471 e. The van der Waals surface area contributed by atoms with Crippen LogP contribution in [0.2, 0.25) is 0 Å². The molecule has 0 radical (unpaired) electrons. The third kappa shape index (κ3) is 13.1. The van der Waals surface area contributed by atoms with E-state index >= 15 is 0 Å². The van der Waals surface area contributed by atoms with Crippen LogP contribution in [0.25, 0.3) is 0 Å². The first-order valence-electron chi connectivity index (χ1n) is 11.7. The second kappa shape index (κ2) is 19.3. The van der Waals surface area contributed by atoms with Gasteiger partial charge < -0.3 is 14.2 Å². The van der Waals surface area contributed by atoms with Gasteiger partial charge in [-0.15, -0.1) is 14.3 Å². The van der Waals surface area contributed by atoms with Crippen molar-refractivity contribution >= 4 is 127 Å². The van der Waals surface area contributed by atoms with E-state index in [2.05, 4.69) is 45.0 Å². The predicted octanol–water partition coefficient (Wildman–Crippen LogP) is 8.22. The van der Waals surface area contributed by atoms with E-state index < -0.39 is 22.5 Å². The zero-order valence-electron chi connectivity index (χ0n) is 21.6. The molecule has 0 fully saturated rings. The fourth-order valence-electron chi connectivity index (χ4n) is 2.47. The molecule has 0 aromatic carbocycles. The molecule has 0 saturated carbocycles. The molecule has 216 valence electrons. The van der Waals surface area contributed by atoms with E-state index in [9.17, 15) is 0 Å². The van der Waals surface area contributed by atoms with Crippen LogP contribution < -0.4 is 15.3 Å². The van der Waals surface area contributed by atoms with E-state index in [-0.39, 0.29) is 15.5 Å². The zero-order chi connectivity index (χ0) is 29.2. The summed E-state index contributed by atoms with van der Waals surface area (Å²) in [6.45, 7) is 7.17. The van der Waals surface area contributed by atoms with Gasteiger partial charge in [-0.05, 0) is 92.6 Å². The predicted molar refractivity (Wildman–Crippen MR) is 183 cm³/mol. The highest BCUT2D eigenvalue weighted by Gasteiger charge is 2.40. The van der Waals surface area contributed by atoms with Crippen molar-refractivity contribution in [1.82, 2.24) is 15.3 Å². The highest BCUT2D eigenvalue weighted by Crippen LogP contribution is 2.76. The van der Waals surface area contributed by atoms with Crippen LogP contribution in [0.4, 0.5) is 0 Å². The maximum Gasteiger partial charge on any atom is 0.301 e. The van der Waals surface area contributed by atoms with Gasteiger partial charge >= 0.3 is 22.5 Å². The smallest absolute Gasteiger partial charge is 0.301 e. The van der Waals surface area contributed by atoms with Crippen LogP contribution in [0.1, 0.15) is 59.3 Å². The number of thiocarbonyl (C=S) groups is 6. The van der Waals surface area contributed by atoms with Crippen LogP contribution in [-0.2, 0) is 14.2 Å². The summed E-state index contributed by atoms with van der Waals surface area (Å²) in [6.07, 6.45) is 5.06. The molecule has 1 aliphatic heterocycles. The van der Waals surface area contributed by atoms with E-state index in [0.29, 0.717) is 19.8 Å². The average molecular weight is 706 g/mol. The fourth-order valence-corrected chi connectivity index (χ4v) is 13.9. The van der Waals surface area contributed by atoms with E-state index in [1.807, 2.05) is 20.8 Å². The number of rotatable bonds is 15. The van der Waals surface area contributed by atoms with E-state index in [0.717, 1.165) is 38.5 Å². The van der Waals surface area contributed by atoms with Gasteiger partial charge in [0.2, 0.25) is 0 Å². The Morgan fingerprint density at radius 2 is 0.846 bits per heavy atom. The zero-order valence-corrected chi connectivity index (χ0v) is 29.1. The minimum atomic E-state index is -3.54. The van der Waals surface area contributed by atoms with Gasteiger partial charge in [-0.1, -0.05) is 40.0 Å². The SMILES string of the molecule is CCCCOC(=S)NP1(N=C=S)=NP(N=C=S)(NC(=S)OCCCC)=NP(N=C=S)(NC(=S)OCCCC)=N1. The molecule has 21 heteroatoms. The van der Waals surface area contributed by atoms with Gasteiger partial charge in [0.1, 0.15) is 0 Å². The Kier molecular flexibility index (Phi) is 17.9. The Labute approximate surface area is 261 Å². The maximum absolute atomic E-state index is 5.63. The molecule has 3 N–H and O–H groups in total. The van der Waals surface area contributed by atoms with E-state index in [4.69, 9.17) is 101 Å². The van der Waals surface area contributed by atoms with Gasteiger partial charge in [-0.3, -0.25) is 15.3 Å². The summed E-state index contributed by atoms with van der Waals surface area (Å²) in [4.78, 5) is 0. The van der Waals surface area contributed by atoms with Crippen LogP contribution in [0.15, 0.2) is 27.8 Å². The van der Waals surface area contributed by atoms with Crippen molar-refractivity contribution in [3.8, 4) is 0 Å². The molecular formula is C18H30N9O3P3S6. The highest BCUT2D eigenvalue weighted by atomic mass is 32.1. The molecule has 1 aliphatic rings.